The topological polar surface area (TPSA) is 61.6 Å². The Labute approximate surface area is 125 Å². The number of ether oxygens (including phenoxy) is 2. The van der Waals surface area contributed by atoms with Gasteiger partial charge in [-0.3, -0.25) is 4.79 Å². The Morgan fingerprint density at radius 1 is 1.30 bits per heavy atom. The van der Waals surface area contributed by atoms with Gasteiger partial charge in [0.15, 0.2) is 5.76 Å². The van der Waals surface area contributed by atoms with Gasteiger partial charge in [0.2, 0.25) is 0 Å². The SMILES string of the molecule is COC(=O)CCc1onc(-c2ccc(OC)cc2)c1Br. The first-order valence-electron chi connectivity index (χ1n) is 6.01. The number of carbonyl (C=O) groups is 1. The van der Waals surface area contributed by atoms with E-state index < -0.39 is 0 Å². The molecule has 0 N–H and O–H groups in total. The highest BCUT2D eigenvalue weighted by Crippen LogP contribution is 2.32. The van der Waals surface area contributed by atoms with Gasteiger partial charge in [0.25, 0.3) is 0 Å². The van der Waals surface area contributed by atoms with Crippen LogP contribution in [0.4, 0.5) is 0 Å². The lowest BCUT2D eigenvalue weighted by molar-refractivity contribution is -0.140. The average Bonchev–Trinajstić information content (AvgIpc) is 2.86. The Bertz CT molecular complexity index is 592. The number of aryl methyl sites for hydroxylation is 1. The highest BCUT2D eigenvalue weighted by molar-refractivity contribution is 9.10. The maximum Gasteiger partial charge on any atom is 0.305 e. The van der Waals surface area contributed by atoms with Crippen LogP contribution in [0.15, 0.2) is 33.3 Å². The molecule has 0 unspecified atom stereocenters. The van der Waals surface area contributed by atoms with Gasteiger partial charge in [0.1, 0.15) is 11.4 Å². The third kappa shape index (κ3) is 3.19. The summed E-state index contributed by atoms with van der Waals surface area (Å²) in [5, 5.41) is 4.03. The number of nitrogens with zero attached hydrogens (tertiary/aromatic N) is 1. The van der Waals surface area contributed by atoms with Gasteiger partial charge in [-0.2, -0.15) is 0 Å². The van der Waals surface area contributed by atoms with E-state index in [-0.39, 0.29) is 12.4 Å². The van der Waals surface area contributed by atoms with Crippen LogP contribution >= 0.6 is 15.9 Å². The number of esters is 1. The molecule has 0 atom stereocenters. The minimum atomic E-state index is -0.278. The van der Waals surface area contributed by atoms with Crippen molar-refractivity contribution >= 4 is 21.9 Å². The molecule has 0 aliphatic heterocycles. The minimum Gasteiger partial charge on any atom is -0.497 e. The first kappa shape index (κ1) is 14.6. The molecule has 0 amide bonds. The maximum atomic E-state index is 11.1. The van der Waals surface area contributed by atoms with Gasteiger partial charge in [0, 0.05) is 12.0 Å². The lowest BCUT2D eigenvalue weighted by Crippen LogP contribution is -2.01. The van der Waals surface area contributed by atoms with Crippen LogP contribution in [0.3, 0.4) is 0 Å². The third-order valence-electron chi connectivity index (χ3n) is 2.85. The Morgan fingerprint density at radius 2 is 2.00 bits per heavy atom. The van der Waals surface area contributed by atoms with E-state index >= 15 is 0 Å². The highest BCUT2D eigenvalue weighted by atomic mass is 79.9. The summed E-state index contributed by atoms with van der Waals surface area (Å²) in [4.78, 5) is 11.1. The molecule has 0 bridgehead atoms. The molecule has 1 heterocycles. The van der Waals surface area contributed by atoms with Crippen molar-refractivity contribution in [3.8, 4) is 17.0 Å². The van der Waals surface area contributed by atoms with Crippen LogP contribution in [0.1, 0.15) is 12.2 Å². The fourth-order valence-electron chi connectivity index (χ4n) is 1.71. The number of aromatic nitrogens is 1. The predicted molar refractivity (Wildman–Crippen MR) is 76.5 cm³/mol. The maximum absolute atomic E-state index is 11.1. The molecule has 0 aliphatic carbocycles. The Morgan fingerprint density at radius 3 is 2.60 bits per heavy atom. The summed E-state index contributed by atoms with van der Waals surface area (Å²) in [6, 6.07) is 7.49. The summed E-state index contributed by atoms with van der Waals surface area (Å²) in [5.74, 6) is 1.12. The van der Waals surface area contributed by atoms with Gasteiger partial charge in [-0.05, 0) is 40.2 Å². The molecule has 20 heavy (non-hydrogen) atoms. The second kappa shape index (κ2) is 6.56. The smallest absolute Gasteiger partial charge is 0.305 e. The molecule has 106 valence electrons. The standard InChI is InChI=1S/C14H14BrNO4/c1-18-10-5-3-9(4-6-10)14-13(15)11(20-16-14)7-8-12(17)19-2/h3-6H,7-8H2,1-2H3. The zero-order valence-corrected chi connectivity index (χ0v) is 12.8. The van der Waals surface area contributed by atoms with E-state index in [1.807, 2.05) is 24.3 Å². The van der Waals surface area contributed by atoms with Crippen LogP contribution < -0.4 is 4.74 Å². The fourth-order valence-corrected chi connectivity index (χ4v) is 2.29. The fraction of sp³-hybridized carbons (Fsp3) is 0.286. The van der Waals surface area contributed by atoms with E-state index in [0.29, 0.717) is 17.9 Å². The normalized spacial score (nSPS) is 10.3. The lowest BCUT2D eigenvalue weighted by Gasteiger charge is -2.01. The van der Waals surface area contributed by atoms with Crippen molar-refractivity contribution in [2.45, 2.75) is 12.8 Å². The van der Waals surface area contributed by atoms with Crippen LogP contribution in [0.2, 0.25) is 0 Å². The lowest BCUT2D eigenvalue weighted by atomic mass is 10.1. The molecule has 0 saturated carbocycles. The first-order chi connectivity index (χ1) is 9.65. The summed E-state index contributed by atoms with van der Waals surface area (Å²) < 4.78 is 15.7. The number of hydrogen-bond donors (Lipinski definition) is 0. The van der Waals surface area contributed by atoms with E-state index in [1.54, 1.807) is 7.11 Å². The van der Waals surface area contributed by atoms with E-state index in [2.05, 4.69) is 25.8 Å². The first-order valence-corrected chi connectivity index (χ1v) is 6.80. The Kier molecular flexibility index (Phi) is 4.79. The minimum absolute atomic E-state index is 0.256. The van der Waals surface area contributed by atoms with Crippen LogP contribution in [0.5, 0.6) is 5.75 Å². The van der Waals surface area contributed by atoms with Gasteiger partial charge >= 0.3 is 5.97 Å². The molecule has 0 spiro atoms. The Hall–Kier alpha value is -1.82. The van der Waals surface area contributed by atoms with E-state index in [4.69, 9.17) is 9.26 Å². The molecule has 0 saturated heterocycles. The summed E-state index contributed by atoms with van der Waals surface area (Å²) in [6.45, 7) is 0. The molecule has 1 aromatic heterocycles. The van der Waals surface area contributed by atoms with Crippen molar-refractivity contribution in [2.24, 2.45) is 0 Å². The van der Waals surface area contributed by atoms with Gasteiger partial charge in [-0.15, -0.1) is 0 Å². The molecule has 1 aromatic carbocycles. The van der Waals surface area contributed by atoms with Crippen molar-refractivity contribution in [1.82, 2.24) is 5.16 Å². The second-order valence-corrected chi connectivity index (χ2v) is 4.87. The summed E-state index contributed by atoms with van der Waals surface area (Å²) >= 11 is 3.46. The molecule has 2 aromatic rings. The number of methoxy groups -OCH3 is 2. The summed E-state index contributed by atoms with van der Waals surface area (Å²) in [7, 11) is 2.98. The number of rotatable bonds is 5. The Balaban J connectivity index is 2.16. The van der Waals surface area contributed by atoms with Crippen LogP contribution in [0, 0.1) is 0 Å². The predicted octanol–water partition coefficient (Wildman–Crippen LogP) is 3.22. The molecule has 0 aliphatic rings. The van der Waals surface area contributed by atoms with Crippen LogP contribution in [-0.2, 0) is 16.0 Å². The van der Waals surface area contributed by atoms with Crippen molar-refractivity contribution in [3.05, 3.63) is 34.5 Å². The zero-order valence-electron chi connectivity index (χ0n) is 11.2. The van der Waals surface area contributed by atoms with E-state index in [9.17, 15) is 4.79 Å². The van der Waals surface area contributed by atoms with Crippen LogP contribution in [-0.4, -0.2) is 25.3 Å². The number of carbonyl (C=O) groups excluding carboxylic acids is 1. The van der Waals surface area contributed by atoms with Gasteiger partial charge < -0.3 is 14.0 Å². The van der Waals surface area contributed by atoms with Gasteiger partial charge in [-0.25, -0.2) is 0 Å². The quantitative estimate of drug-likeness (QED) is 0.782. The molecule has 0 radical (unpaired) electrons. The van der Waals surface area contributed by atoms with Crippen molar-refractivity contribution < 1.29 is 18.8 Å². The van der Waals surface area contributed by atoms with E-state index in [1.165, 1.54) is 7.11 Å². The number of halogens is 1. The molecule has 5 nitrogen and oxygen atoms in total. The monoisotopic (exact) mass is 339 g/mol. The largest absolute Gasteiger partial charge is 0.497 e. The third-order valence-corrected chi connectivity index (χ3v) is 3.66. The second-order valence-electron chi connectivity index (χ2n) is 4.07. The van der Waals surface area contributed by atoms with Gasteiger partial charge in [-0.1, -0.05) is 5.16 Å². The number of hydrogen-bond acceptors (Lipinski definition) is 5. The van der Waals surface area contributed by atoms with Gasteiger partial charge in [0.05, 0.1) is 25.1 Å². The molecule has 0 fully saturated rings. The molecular weight excluding hydrogens is 326 g/mol. The zero-order chi connectivity index (χ0) is 14.5. The average molecular weight is 340 g/mol. The summed E-state index contributed by atoms with van der Waals surface area (Å²) in [6.07, 6.45) is 0.697. The highest BCUT2D eigenvalue weighted by Gasteiger charge is 2.16. The number of benzene rings is 1. The van der Waals surface area contributed by atoms with Crippen molar-refractivity contribution in [2.75, 3.05) is 14.2 Å². The van der Waals surface area contributed by atoms with Crippen molar-refractivity contribution in [3.63, 3.8) is 0 Å². The van der Waals surface area contributed by atoms with Crippen molar-refractivity contribution in [1.29, 1.82) is 0 Å². The van der Waals surface area contributed by atoms with E-state index in [0.717, 1.165) is 15.8 Å². The summed E-state index contributed by atoms with van der Waals surface area (Å²) in [5.41, 5.74) is 1.61. The van der Waals surface area contributed by atoms with Crippen LogP contribution in [0.25, 0.3) is 11.3 Å². The molecule has 6 heteroatoms. The molecular formula is C14H14BrNO4. The molecule has 2 rings (SSSR count).